The molecule has 2 atom stereocenters. The van der Waals surface area contributed by atoms with Crippen molar-refractivity contribution in [3.8, 4) is 5.75 Å². The number of carbonyl (C=O) groups excluding carboxylic acids is 1. The van der Waals surface area contributed by atoms with Gasteiger partial charge in [-0.1, -0.05) is 30.7 Å². The molecule has 0 aliphatic heterocycles. The maximum absolute atomic E-state index is 12.4. The average Bonchev–Trinajstić information content (AvgIpc) is 2.85. The number of methoxy groups -OCH3 is 1. The normalized spacial score (nSPS) is 20.0. The highest BCUT2D eigenvalue weighted by Gasteiger charge is 2.50. The zero-order valence-corrected chi connectivity index (χ0v) is 14.5. The zero-order valence-electron chi connectivity index (χ0n) is 14.5. The van der Waals surface area contributed by atoms with Gasteiger partial charge < -0.3 is 9.84 Å². The third-order valence-corrected chi connectivity index (χ3v) is 5.19. The molecule has 0 aromatic heterocycles. The average molecular weight is 328 g/mol. The molecule has 1 aromatic carbocycles. The maximum atomic E-state index is 12.4. The summed E-state index contributed by atoms with van der Waals surface area (Å²) in [6, 6.07) is 7.16. The molecule has 4 heteroatoms. The van der Waals surface area contributed by atoms with E-state index in [9.17, 15) is 14.7 Å². The predicted octanol–water partition coefficient (Wildman–Crippen LogP) is 3.91. The Kier molecular flexibility index (Phi) is 5.27. The highest BCUT2D eigenvalue weighted by molar-refractivity contribution is 6.01. The lowest BCUT2D eigenvalue weighted by molar-refractivity contribution is -0.146. The first-order chi connectivity index (χ1) is 11.4. The van der Waals surface area contributed by atoms with Crippen LogP contribution >= 0.6 is 0 Å². The van der Waals surface area contributed by atoms with E-state index >= 15 is 0 Å². The van der Waals surface area contributed by atoms with Crippen molar-refractivity contribution < 1.29 is 19.4 Å². The van der Waals surface area contributed by atoms with Gasteiger partial charge in [-0.2, -0.15) is 0 Å². The molecule has 1 aromatic rings. The van der Waals surface area contributed by atoms with Crippen molar-refractivity contribution in [3.63, 3.8) is 0 Å². The monoisotopic (exact) mass is 328 g/mol. The van der Waals surface area contributed by atoms with Gasteiger partial charge in [0.05, 0.1) is 12.5 Å². The smallest absolute Gasteiger partial charge is 0.314 e. The van der Waals surface area contributed by atoms with Gasteiger partial charge in [0.15, 0.2) is 5.78 Å². The summed E-state index contributed by atoms with van der Waals surface area (Å²) in [5.41, 5.74) is 1.11. The first kappa shape index (κ1) is 18.0. The fraction of sp³-hybridized carbons (Fsp3) is 0.400. The number of ether oxygens (including phenoxy) is 1. The molecule has 0 saturated heterocycles. The molecule has 2 rings (SSSR count). The first-order valence-corrected chi connectivity index (χ1v) is 8.14. The van der Waals surface area contributed by atoms with Crippen LogP contribution in [0.3, 0.4) is 0 Å². The van der Waals surface area contributed by atoms with Crippen molar-refractivity contribution in [3.05, 3.63) is 53.6 Å². The Morgan fingerprint density at radius 1 is 1.50 bits per heavy atom. The number of Topliss-reactive ketones (excluding diaryl/α,β-unsaturated/α-hetero) is 1. The number of carboxylic acid groups (broad SMARTS) is 1. The van der Waals surface area contributed by atoms with Crippen molar-refractivity contribution in [2.24, 2.45) is 5.92 Å². The van der Waals surface area contributed by atoms with Crippen LogP contribution in [-0.2, 0) is 15.0 Å². The van der Waals surface area contributed by atoms with Crippen LogP contribution in [0.1, 0.15) is 38.7 Å². The number of aliphatic carboxylic acids is 1. The number of hydrogen-bond acceptors (Lipinski definition) is 3. The summed E-state index contributed by atoms with van der Waals surface area (Å²) in [7, 11) is 1.56. The molecule has 1 aliphatic rings. The molecule has 24 heavy (non-hydrogen) atoms. The van der Waals surface area contributed by atoms with Gasteiger partial charge in [0.2, 0.25) is 0 Å². The topological polar surface area (TPSA) is 63.6 Å². The summed E-state index contributed by atoms with van der Waals surface area (Å²) in [6.07, 6.45) is 2.80. The Labute approximate surface area is 142 Å². The summed E-state index contributed by atoms with van der Waals surface area (Å²) >= 11 is 0. The second-order valence-electron chi connectivity index (χ2n) is 6.20. The summed E-state index contributed by atoms with van der Waals surface area (Å²) < 4.78 is 5.26. The summed E-state index contributed by atoms with van der Waals surface area (Å²) in [4.78, 5) is 24.8. The largest absolute Gasteiger partial charge is 0.497 e. The number of carbonyl (C=O) groups is 2. The molecule has 0 saturated carbocycles. The minimum Gasteiger partial charge on any atom is -0.497 e. The highest BCUT2D eigenvalue weighted by Crippen LogP contribution is 2.47. The van der Waals surface area contributed by atoms with Crippen LogP contribution in [-0.4, -0.2) is 24.0 Å². The van der Waals surface area contributed by atoms with Crippen LogP contribution in [0, 0.1) is 5.92 Å². The summed E-state index contributed by atoms with van der Waals surface area (Å²) in [6.45, 7) is 7.43. The molecular formula is C20H24O4. The third-order valence-electron chi connectivity index (χ3n) is 5.19. The van der Waals surface area contributed by atoms with E-state index in [1.165, 1.54) is 0 Å². The van der Waals surface area contributed by atoms with Crippen LogP contribution < -0.4 is 4.74 Å². The van der Waals surface area contributed by atoms with Crippen LogP contribution in [0.15, 0.2) is 48.1 Å². The van der Waals surface area contributed by atoms with Crippen LogP contribution in [0.4, 0.5) is 0 Å². The molecule has 0 bridgehead atoms. The Balaban J connectivity index is 2.63. The second kappa shape index (κ2) is 7.04. The predicted molar refractivity (Wildman–Crippen MR) is 93.2 cm³/mol. The maximum Gasteiger partial charge on any atom is 0.314 e. The summed E-state index contributed by atoms with van der Waals surface area (Å²) in [5, 5.41) is 10.1. The standard InChI is InChI=1S/C20H24O4/c1-5-8-16-13(3)17(12-18(16)21)20(6-2,19(22)23)14-9-7-10-15(11-14)24-4/h5,7,9-11,17H,1,6,8,12H2,2-4H3,(H,22,23). The van der Waals surface area contributed by atoms with Crippen molar-refractivity contribution in [2.45, 2.75) is 38.5 Å². The van der Waals surface area contributed by atoms with Crippen molar-refractivity contribution in [1.29, 1.82) is 0 Å². The van der Waals surface area contributed by atoms with Crippen molar-refractivity contribution >= 4 is 11.8 Å². The third kappa shape index (κ3) is 2.77. The van der Waals surface area contributed by atoms with E-state index in [1.807, 2.05) is 19.9 Å². The Bertz CT molecular complexity index is 701. The molecule has 2 unspecified atom stereocenters. The van der Waals surface area contributed by atoms with Crippen LogP contribution in [0.5, 0.6) is 5.75 Å². The molecule has 4 nitrogen and oxygen atoms in total. The lowest BCUT2D eigenvalue weighted by Gasteiger charge is -2.35. The van der Waals surface area contributed by atoms with E-state index in [0.29, 0.717) is 29.7 Å². The van der Waals surface area contributed by atoms with Crippen LogP contribution in [0.2, 0.25) is 0 Å². The SMILES string of the molecule is C=CCC1=C(C)C(C(CC)(C(=O)O)c2cccc(OC)c2)CC1=O. The van der Waals surface area contributed by atoms with Gasteiger partial charge in [0, 0.05) is 12.3 Å². The minimum absolute atomic E-state index is 0.0272. The fourth-order valence-corrected chi connectivity index (χ4v) is 3.83. The second-order valence-corrected chi connectivity index (χ2v) is 6.20. The van der Waals surface area contributed by atoms with E-state index in [2.05, 4.69) is 6.58 Å². The highest BCUT2D eigenvalue weighted by atomic mass is 16.5. The molecule has 1 aliphatic carbocycles. The first-order valence-electron chi connectivity index (χ1n) is 8.14. The van der Waals surface area contributed by atoms with Gasteiger partial charge in [-0.25, -0.2) is 0 Å². The van der Waals surface area contributed by atoms with Gasteiger partial charge in [-0.3, -0.25) is 9.59 Å². The molecule has 1 N–H and O–H groups in total. The van der Waals surface area contributed by atoms with Gasteiger partial charge in [-0.15, -0.1) is 6.58 Å². The Morgan fingerprint density at radius 3 is 2.75 bits per heavy atom. The van der Waals surface area contributed by atoms with Gasteiger partial charge in [-0.05, 0) is 43.0 Å². The van der Waals surface area contributed by atoms with Gasteiger partial charge in [0.1, 0.15) is 5.75 Å². The van der Waals surface area contributed by atoms with E-state index in [0.717, 1.165) is 5.57 Å². The summed E-state index contributed by atoms with van der Waals surface area (Å²) in [5.74, 6) is -0.618. The number of hydrogen-bond donors (Lipinski definition) is 1. The number of allylic oxidation sites excluding steroid dienone is 3. The van der Waals surface area contributed by atoms with Crippen molar-refractivity contribution in [2.75, 3.05) is 7.11 Å². The van der Waals surface area contributed by atoms with Gasteiger partial charge in [0.25, 0.3) is 0 Å². The van der Waals surface area contributed by atoms with Crippen LogP contribution in [0.25, 0.3) is 0 Å². The van der Waals surface area contributed by atoms with Crippen molar-refractivity contribution in [1.82, 2.24) is 0 Å². The number of carboxylic acids is 1. The van der Waals surface area contributed by atoms with Gasteiger partial charge >= 0.3 is 5.97 Å². The molecule has 0 spiro atoms. The van der Waals surface area contributed by atoms with E-state index in [4.69, 9.17) is 4.74 Å². The minimum atomic E-state index is -1.14. The molecular weight excluding hydrogens is 304 g/mol. The molecule has 0 radical (unpaired) electrons. The Morgan fingerprint density at radius 2 is 2.21 bits per heavy atom. The number of benzene rings is 1. The molecule has 0 amide bonds. The zero-order chi connectivity index (χ0) is 17.9. The van der Waals surface area contributed by atoms with E-state index < -0.39 is 11.4 Å². The quantitative estimate of drug-likeness (QED) is 0.771. The van der Waals surface area contributed by atoms with E-state index in [1.54, 1.807) is 31.4 Å². The number of ketones is 1. The molecule has 0 fully saturated rings. The Hall–Kier alpha value is -2.36. The lowest BCUT2D eigenvalue weighted by atomic mass is 9.66. The lowest BCUT2D eigenvalue weighted by Crippen LogP contribution is -2.42. The van der Waals surface area contributed by atoms with E-state index in [-0.39, 0.29) is 18.1 Å². The fourth-order valence-electron chi connectivity index (χ4n) is 3.83. The molecule has 128 valence electrons. The molecule has 0 heterocycles. The number of rotatable bonds is 7.